The zero-order chi connectivity index (χ0) is 12.0. The molecule has 0 bridgehead atoms. The zero-order valence-corrected chi connectivity index (χ0v) is 10.4. The molecule has 90 valence electrons. The number of aryl methyl sites for hydroxylation is 1. The Balaban J connectivity index is 2.29. The summed E-state index contributed by atoms with van der Waals surface area (Å²) in [5.74, 6) is 0.592. The van der Waals surface area contributed by atoms with Gasteiger partial charge in [-0.25, -0.2) is 0 Å². The molecule has 0 saturated carbocycles. The molecule has 0 saturated heterocycles. The van der Waals surface area contributed by atoms with Crippen LogP contribution in [0.3, 0.4) is 0 Å². The summed E-state index contributed by atoms with van der Waals surface area (Å²) in [6.07, 6.45) is 0. The van der Waals surface area contributed by atoms with Gasteiger partial charge in [-0.1, -0.05) is 19.9 Å². The highest BCUT2D eigenvalue weighted by molar-refractivity contribution is 5.59. The Hall–Kier alpha value is -1.22. The molecule has 0 aliphatic rings. The molecule has 1 aromatic carbocycles. The van der Waals surface area contributed by atoms with Crippen molar-refractivity contribution in [1.82, 2.24) is 0 Å². The van der Waals surface area contributed by atoms with Crippen molar-refractivity contribution in [2.75, 3.05) is 30.8 Å². The fourth-order valence-corrected chi connectivity index (χ4v) is 1.41. The minimum Gasteiger partial charge on any atom is -0.399 e. The van der Waals surface area contributed by atoms with Crippen LogP contribution in [-0.2, 0) is 4.74 Å². The molecular weight excluding hydrogens is 200 g/mol. The predicted octanol–water partition coefficient (Wildman–Crippen LogP) is 2.66. The molecular formula is C13H22N2O. The van der Waals surface area contributed by atoms with Crippen molar-refractivity contribution in [3.63, 3.8) is 0 Å². The maximum atomic E-state index is 5.73. The lowest BCUT2D eigenvalue weighted by molar-refractivity contribution is 0.118. The van der Waals surface area contributed by atoms with Gasteiger partial charge in [0.15, 0.2) is 0 Å². The Bertz CT molecular complexity index is 324. The Labute approximate surface area is 98.0 Å². The van der Waals surface area contributed by atoms with Crippen molar-refractivity contribution in [3.05, 3.63) is 23.8 Å². The molecule has 1 rings (SSSR count). The van der Waals surface area contributed by atoms with Crippen LogP contribution in [0.5, 0.6) is 0 Å². The van der Waals surface area contributed by atoms with Gasteiger partial charge in [0.05, 0.1) is 6.61 Å². The summed E-state index contributed by atoms with van der Waals surface area (Å²) in [5, 5.41) is 3.32. The smallest absolute Gasteiger partial charge is 0.0639 e. The van der Waals surface area contributed by atoms with E-state index in [2.05, 4.69) is 26.1 Å². The van der Waals surface area contributed by atoms with Gasteiger partial charge in [0, 0.05) is 24.5 Å². The lowest BCUT2D eigenvalue weighted by Gasteiger charge is -2.11. The third kappa shape index (κ3) is 4.53. The second kappa shape index (κ2) is 6.38. The van der Waals surface area contributed by atoms with Crippen molar-refractivity contribution >= 4 is 11.4 Å². The second-order valence-electron chi connectivity index (χ2n) is 4.47. The second-order valence-corrected chi connectivity index (χ2v) is 4.47. The van der Waals surface area contributed by atoms with Crippen LogP contribution in [-0.4, -0.2) is 19.8 Å². The average Bonchev–Trinajstić information content (AvgIpc) is 2.22. The van der Waals surface area contributed by atoms with E-state index in [1.165, 1.54) is 5.56 Å². The Morgan fingerprint density at radius 3 is 2.81 bits per heavy atom. The molecule has 0 unspecified atom stereocenters. The van der Waals surface area contributed by atoms with Crippen molar-refractivity contribution in [2.45, 2.75) is 20.8 Å². The fraction of sp³-hybridized carbons (Fsp3) is 0.538. The summed E-state index contributed by atoms with van der Waals surface area (Å²) in [6, 6.07) is 5.89. The van der Waals surface area contributed by atoms with E-state index in [4.69, 9.17) is 10.5 Å². The van der Waals surface area contributed by atoms with Crippen molar-refractivity contribution in [3.8, 4) is 0 Å². The molecule has 3 nitrogen and oxygen atoms in total. The number of hydrogen-bond acceptors (Lipinski definition) is 3. The van der Waals surface area contributed by atoms with E-state index < -0.39 is 0 Å². The van der Waals surface area contributed by atoms with E-state index >= 15 is 0 Å². The van der Waals surface area contributed by atoms with Crippen molar-refractivity contribution in [2.24, 2.45) is 5.92 Å². The number of nitrogens with two attached hydrogens (primary N) is 1. The summed E-state index contributed by atoms with van der Waals surface area (Å²) in [4.78, 5) is 0. The minimum absolute atomic E-state index is 0.592. The maximum Gasteiger partial charge on any atom is 0.0639 e. The van der Waals surface area contributed by atoms with Crippen LogP contribution < -0.4 is 11.1 Å². The molecule has 0 aromatic heterocycles. The molecule has 0 radical (unpaired) electrons. The Morgan fingerprint density at radius 2 is 2.12 bits per heavy atom. The van der Waals surface area contributed by atoms with Crippen LogP contribution in [0.2, 0.25) is 0 Å². The third-order valence-electron chi connectivity index (χ3n) is 2.27. The number of nitrogens with one attached hydrogen (secondary N) is 1. The molecule has 3 N–H and O–H groups in total. The first-order valence-corrected chi connectivity index (χ1v) is 5.77. The van der Waals surface area contributed by atoms with Gasteiger partial charge in [0.2, 0.25) is 0 Å². The molecule has 16 heavy (non-hydrogen) atoms. The van der Waals surface area contributed by atoms with Crippen molar-refractivity contribution < 1.29 is 4.74 Å². The standard InChI is InChI=1S/C13H22N2O/c1-10(2)9-16-7-6-15-13-8-12(14)5-4-11(13)3/h4-5,8,10,15H,6-7,9,14H2,1-3H3. The molecule has 0 amide bonds. The number of ether oxygens (including phenoxy) is 1. The fourth-order valence-electron chi connectivity index (χ4n) is 1.41. The van der Waals surface area contributed by atoms with E-state index in [0.717, 1.165) is 31.1 Å². The van der Waals surface area contributed by atoms with Gasteiger partial charge in [-0.15, -0.1) is 0 Å². The number of anilines is 2. The van der Waals surface area contributed by atoms with Gasteiger partial charge in [0.25, 0.3) is 0 Å². The lowest BCUT2D eigenvalue weighted by Crippen LogP contribution is -2.12. The summed E-state index contributed by atoms with van der Waals surface area (Å²) in [7, 11) is 0. The molecule has 3 heteroatoms. The Kier molecular flexibility index (Phi) is 5.12. The molecule has 0 fully saturated rings. The van der Waals surface area contributed by atoms with Gasteiger partial charge in [-0.2, -0.15) is 0 Å². The summed E-state index contributed by atoms with van der Waals surface area (Å²) < 4.78 is 5.49. The van der Waals surface area contributed by atoms with E-state index in [-0.39, 0.29) is 0 Å². The minimum atomic E-state index is 0.592. The van der Waals surface area contributed by atoms with E-state index in [1.54, 1.807) is 0 Å². The highest BCUT2D eigenvalue weighted by Crippen LogP contribution is 2.17. The van der Waals surface area contributed by atoms with Crippen molar-refractivity contribution in [1.29, 1.82) is 0 Å². The van der Waals surface area contributed by atoms with Gasteiger partial charge in [0.1, 0.15) is 0 Å². The number of rotatable bonds is 6. The number of hydrogen-bond donors (Lipinski definition) is 2. The topological polar surface area (TPSA) is 47.3 Å². The first-order chi connectivity index (χ1) is 7.59. The van der Waals surface area contributed by atoms with Crippen LogP contribution in [0, 0.1) is 12.8 Å². The van der Waals surface area contributed by atoms with E-state index in [1.807, 2.05) is 18.2 Å². The average molecular weight is 222 g/mol. The van der Waals surface area contributed by atoms with E-state index in [0.29, 0.717) is 5.92 Å². The van der Waals surface area contributed by atoms with Crippen LogP contribution in [0.15, 0.2) is 18.2 Å². The van der Waals surface area contributed by atoms with Gasteiger partial charge in [-0.05, 0) is 30.5 Å². The van der Waals surface area contributed by atoms with Gasteiger partial charge < -0.3 is 15.8 Å². The van der Waals surface area contributed by atoms with Crippen LogP contribution in [0.1, 0.15) is 19.4 Å². The lowest BCUT2D eigenvalue weighted by atomic mass is 10.2. The number of nitrogen functional groups attached to an aromatic ring is 1. The highest BCUT2D eigenvalue weighted by atomic mass is 16.5. The molecule has 1 aromatic rings. The summed E-state index contributed by atoms with van der Waals surface area (Å²) >= 11 is 0. The quantitative estimate of drug-likeness (QED) is 0.574. The van der Waals surface area contributed by atoms with Crippen LogP contribution in [0.25, 0.3) is 0 Å². The summed E-state index contributed by atoms with van der Waals surface area (Å²) in [5.41, 5.74) is 8.81. The molecule has 0 heterocycles. The summed E-state index contributed by atoms with van der Waals surface area (Å²) in [6.45, 7) is 8.72. The predicted molar refractivity (Wildman–Crippen MR) is 69.7 cm³/mol. The normalized spacial score (nSPS) is 10.8. The van der Waals surface area contributed by atoms with Crippen LogP contribution >= 0.6 is 0 Å². The number of benzene rings is 1. The van der Waals surface area contributed by atoms with Gasteiger partial charge in [-0.3, -0.25) is 0 Å². The maximum absolute atomic E-state index is 5.73. The first-order valence-electron chi connectivity index (χ1n) is 5.77. The highest BCUT2D eigenvalue weighted by Gasteiger charge is 1.98. The molecule has 0 atom stereocenters. The monoisotopic (exact) mass is 222 g/mol. The third-order valence-corrected chi connectivity index (χ3v) is 2.27. The zero-order valence-electron chi connectivity index (χ0n) is 10.4. The van der Waals surface area contributed by atoms with Gasteiger partial charge >= 0.3 is 0 Å². The largest absolute Gasteiger partial charge is 0.399 e. The molecule has 0 spiro atoms. The SMILES string of the molecule is Cc1ccc(N)cc1NCCOCC(C)C. The first kappa shape index (κ1) is 12.8. The van der Waals surface area contributed by atoms with Crippen LogP contribution in [0.4, 0.5) is 11.4 Å². The Morgan fingerprint density at radius 1 is 1.38 bits per heavy atom. The van der Waals surface area contributed by atoms with E-state index in [9.17, 15) is 0 Å². The molecule has 0 aliphatic heterocycles. The molecule has 0 aliphatic carbocycles.